The van der Waals surface area contributed by atoms with Crippen molar-refractivity contribution in [3.05, 3.63) is 53.1 Å². The number of nitrogens with zero attached hydrogens (tertiary/aromatic N) is 1. The average Bonchev–Trinajstić information content (AvgIpc) is 2.34. The Bertz CT molecular complexity index is 705. The normalized spacial score (nSPS) is 13.9. The molecule has 0 bridgehead atoms. The molecule has 0 heterocycles. The molecular weight excluding hydrogens is 270 g/mol. The van der Waals surface area contributed by atoms with Gasteiger partial charge in [-0.1, -0.05) is 36.4 Å². The van der Waals surface area contributed by atoms with Crippen LogP contribution in [0.25, 0.3) is 16.8 Å². The van der Waals surface area contributed by atoms with E-state index in [4.69, 9.17) is 0 Å². The van der Waals surface area contributed by atoms with Gasteiger partial charge in [-0.25, -0.2) is 0 Å². The molecule has 0 unspecified atom stereocenters. The van der Waals surface area contributed by atoms with Crippen molar-refractivity contribution in [1.29, 1.82) is 0 Å². The molecule has 0 amide bonds. The fourth-order valence-corrected chi connectivity index (χ4v) is 2.73. The zero-order valence-corrected chi connectivity index (χ0v) is 12.7. The predicted octanol–water partition coefficient (Wildman–Crippen LogP) is 0.130. The SMILES string of the molecule is C[N+](C)(C)CC1=Cc2cccc3cccc(c23)C1=O.[Cl-]. The largest absolute Gasteiger partial charge is 1.00 e. The molecular formula is C17H18ClNO. The number of hydrogen-bond donors (Lipinski definition) is 0. The van der Waals surface area contributed by atoms with Gasteiger partial charge < -0.3 is 16.9 Å². The number of hydrogen-bond acceptors (Lipinski definition) is 1. The predicted molar refractivity (Wildman–Crippen MR) is 79.2 cm³/mol. The van der Waals surface area contributed by atoms with Crippen LogP contribution in [0.3, 0.4) is 0 Å². The first-order valence-electron chi connectivity index (χ1n) is 6.53. The van der Waals surface area contributed by atoms with Gasteiger partial charge in [0.15, 0.2) is 5.78 Å². The van der Waals surface area contributed by atoms with Crippen LogP contribution in [0.5, 0.6) is 0 Å². The van der Waals surface area contributed by atoms with Crippen LogP contribution in [0.15, 0.2) is 42.0 Å². The van der Waals surface area contributed by atoms with E-state index in [0.717, 1.165) is 38.5 Å². The van der Waals surface area contributed by atoms with Crippen molar-refractivity contribution in [3.8, 4) is 0 Å². The number of Topliss-reactive ketones (excluding diaryl/α,β-unsaturated/α-hetero) is 1. The Morgan fingerprint density at radius 3 is 2.30 bits per heavy atom. The van der Waals surface area contributed by atoms with Crippen molar-refractivity contribution in [2.45, 2.75) is 0 Å². The number of carbonyl (C=O) groups excluding carboxylic acids is 1. The van der Waals surface area contributed by atoms with E-state index in [9.17, 15) is 4.79 Å². The summed E-state index contributed by atoms with van der Waals surface area (Å²) in [6.07, 6.45) is 2.06. The second kappa shape index (κ2) is 5.04. The molecule has 104 valence electrons. The highest BCUT2D eigenvalue weighted by atomic mass is 35.5. The molecule has 0 N–H and O–H groups in total. The summed E-state index contributed by atoms with van der Waals surface area (Å²) in [5.74, 6) is 0.178. The first-order chi connectivity index (χ1) is 8.96. The van der Waals surface area contributed by atoms with Crippen molar-refractivity contribution >= 4 is 22.6 Å². The molecule has 3 rings (SSSR count). The lowest BCUT2D eigenvalue weighted by Gasteiger charge is -2.26. The van der Waals surface area contributed by atoms with Gasteiger partial charge in [-0.05, 0) is 17.0 Å². The van der Waals surface area contributed by atoms with Gasteiger partial charge in [-0.3, -0.25) is 4.79 Å². The molecule has 0 aromatic heterocycles. The first kappa shape index (κ1) is 14.8. The molecule has 1 aliphatic carbocycles. The maximum absolute atomic E-state index is 12.6. The summed E-state index contributed by atoms with van der Waals surface area (Å²) in [7, 11) is 6.32. The highest BCUT2D eigenvalue weighted by Gasteiger charge is 2.25. The van der Waals surface area contributed by atoms with E-state index < -0.39 is 0 Å². The van der Waals surface area contributed by atoms with E-state index in [1.807, 2.05) is 12.1 Å². The third-order valence-electron chi connectivity index (χ3n) is 3.45. The fraction of sp³-hybridized carbons (Fsp3) is 0.235. The lowest BCUT2D eigenvalue weighted by atomic mass is 9.87. The molecule has 0 fully saturated rings. The molecule has 0 atom stereocenters. The van der Waals surface area contributed by atoms with Crippen LogP contribution in [0.2, 0.25) is 0 Å². The Morgan fingerprint density at radius 2 is 1.65 bits per heavy atom. The number of ketones is 1. The Labute approximate surface area is 125 Å². The minimum atomic E-state index is 0. The van der Waals surface area contributed by atoms with Gasteiger partial charge in [-0.2, -0.15) is 0 Å². The van der Waals surface area contributed by atoms with Gasteiger partial charge in [0.1, 0.15) is 6.54 Å². The summed E-state index contributed by atoms with van der Waals surface area (Å²) in [5, 5.41) is 2.24. The zero-order valence-electron chi connectivity index (χ0n) is 12.0. The number of halogens is 1. The number of carbonyl (C=O) groups is 1. The third kappa shape index (κ3) is 2.49. The van der Waals surface area contributed by atoms with E-state index in [1.54, 1.807) is 0 Å². The van der Waals surface area contributed by atoms with Gasteiger partial charge >= 0.3 is 0 Å². The third-order valence-corrected chi connectivity index (χ3v) is 3.45. The average molecular weight is 288 g/mol. The van der Waals surface area contributed by atoms with Gasteiger partial charge in [0, 0.05) is 10.9 Å². The molecule has 2 nitrogen and oxygen atoms in total. The molecule has 0 saturated carbocycles. The molecule has 0 spiro atoms. The van der Waals surface area contributed by atoms with Crippen molar-refractivity contribution < 1.29 is 21.7 Å². The molecule has 3 heteroatoms. The Morgan fingerprint density at radius 1 is 1.00 bits per heavy atom. The second-order valence-electron chi connectivity index (χ2n) is 6.20. The molecule has 2 aromatic rings. The number of likely N-dealkylation sites (N-methyl/N-ethyl adjacent to an activating group) is 1. The first-order valence-corrected chi connectivity index (χ1v) is 6.53. The summed E-state index contributed by atoms with van der Waals surface area (Å²) in [6, 6.07) is 12.2. The van der Waals surface area contributed by atoms with Gasteiger partial charge in [0.2, 0.25) is 0 Å². The highest BCUT2D eigenvalue weighted by molar-refractivity contribution is 6.22. The van der Waals surface area contributed by atoms with Gasteiger partial charge in [0.05, 0.1) is 26.7 Å². The smallest absolute Gasteiger partial charge is 0.195 e. The van der Waals surface area contributed by atoms with Crippen LogP contribution in [-0.4, -0.2) is 38.0 Å². The molecule has 1 aliphatic rings. The van der Waals surface area contributed by atoms with E-state index in [0.29, 0.717) is 0 Å². The van der Waals surface area contributed by atoms with Crippen LogP contribution in [0.4, 0.5) is 0 Å². The lowest BCUT2D eigenvalue weighted by molar-refractivity contribution is -0.864. The van der Waals surface area contributed by atoms with Crippen LogP contribution in [0, 0.1) is 0 Å². The summed E-state index contributed by atoms with van der Waals surface area (Å²) in [4.78, 5) is 12.6. The summed E-state index contributed by atoms with van der Waals surface area (Å²) < 4.78 is 0.760. The van der Waals surface area contributed by atoms with E-state index >= 15 is 0 Å². The molecule has 2 aromatic carbocycles. The number of quaternary nitrogens is 1. The minimum Gasteiger partial charge on any atom is -1.00 e. The Kier molecular flexibility index (Phi) is 3.72. The van der Waals surface area contributed by atoms with Crippen LogP contribution >= 0.6 is 0 Å². The zero-order chi connectivity index (χ0) is 13.6. The summed E-state index contributed by atoms with van der Waals surface area (Å²) in [6.45, 7) is 0.754. The monoisotopic (exact) mass is 287 g/mol. The van der Waals surface area contributed by atoms with Gasteiger partial charge in [0.25, 0.3) is 0 Å². The van der Waals surface area contributed by atoms with Gasteiger partial charge in [-0.15, -0.1) is 0 Å². The fourth-order valence-electron chi connectivity index (χ4n) is 2.73. The van der Waals surface area contributed by atoms with Crippen molar-refractivity contribution in [2.24, 2.45) is 0 Å². The standard InChI is InChI=1S/C17H18NO.ClH/c1-18(2,3)11-14-10-13-8-4-6-12-7-5-9-15(16(12)13)17(14)19;/h4-10H,11H2,1-3H3;1H/q+1;/p-1. The van der Waals surface area contributed by atoms with Crippen LogP contribution in [-0.2, 0) is 0 Å². The number of benzene rings is 2. The molecule has 0 saturated heterocycles. The van der Waals surface area contributed by atoms with E-state index in [-0.39, 0.29) is 18.2 Å². The second-order valence-corrected chi connectivity index (χ2v) is 6.20. The van der Waals surface area contributed by atoms with Crippen molar-refractivity contribution in [3.63, 3.8) is 0 Å². The maximum Gasteiger partial charge on any atom is 0.195 e. The Hall–Kier alpha value is -1.64. The molecule has 0 radical (unpaired) electrons. The topological polar surface area (TPSA) is 17.1 Å². The lowest BCUT2D eigenvalue weighted by Crippen LogP contribution is -3.00. The van der Waals surface area contributed by atoms with E-state index in [1.165, 1.54) is 0 Å². The van der Waals surface area contributed by atoms with E-state index in [2.05, 4.69) is 51.5 Å². The van der Waals surface area contributed by atoms with Crippen molar-refractivity contribution in [2.75, 3.05) is 27.7 Å². The highest BCUT2D eigenvalue weighted by Crippen LogP contribution is 2.31. The Balaban J connectivity index is 0.00000147. The maximum atomic E-state index is 12.6. The number of rotatable bonds is 2. The molecule has 0 aliphatic heterocycles. The summed E-state index contributed by atoms with van der Waals surface area (Å²) in [5.41, 5.74) is 2.91. The summed E-state index contributed by atoms with van der Waals surface area (Å²) >= 11 is 0. The molecule has 20 heavy (non-hydrogen) atoms. The van der Waals surface area contributed by atoms with Crippen LogP contribution in [0.1, 0.15) is 15.9 Å². The van der Waals surface area contributed by atoms with Crippen LogP contribution < -0.4 is 12.4 Å². The van der Waals surface area contributed by atoms with Crippen molar-refractivity contribution in [1.82, 2.24) is 0 Å². The minimum absolute atomic E-state index is 0. The quantitative estimate of drug-likeness (QED) is 0.718.